The molecule has 0 aromatic rings. The summed E-state index contributed by atoms with van der Waals surface area (Å²) in [5.74, 6) is -0.708. The van der Waals surface area contributed by atoms with Crippen molar-refractivity contribution in [3.8, 4) is 0 Å². The number of carbonyl (C=O) groups excluding carboxylic acids is 1. The molecule has 0 spiro atoms. The highest BCUT2D eigenvalue weighted by Crippen LogP contribution is 2.23. The smallest absolute Gasteiger partial charge is 0.249 e. The summed E-state index contributed by atoms with van der Waals surface area (Å²) in [7, 11) is 0. The van der Waals surface area contributed by atoms with Crippen LogP contribution in [0.2, 0.25) is 0 Å². The molecule has 0 aromatic carbocycles. The molecule has 9 unspecified atom stereocenters. The number of carbonyl (C=O) groups is 1. The molecular formula is C52H99NO10. The second-order valence-corrected chi connectivity index (χ2v) is 18.6. The number of rotatable bonds is 44. The van der Waals surface area contributed by atoms with Gasteiger partial charge in [-0.1, -0.05) is 192 Å². The molecule has 1 aliphatic heterocycles. The Balaban J connectivity index is 2.22. The van der Waals surface area contributed by atoms with E-state index in [-0.39, 0.29) is 12.8 Å². The minimum absolute atomic E-state index is 0.255. The molecule has 1 heterocycles. The van der Waals surface area contributed by atoms with E-state index in [1.54, 1.807) is 0 Å². The van der Waals surface area contributed by atoms with Crippen LogP contribution in [0.5, 0.6) is 0 Å². The SMILES string of the molecule is CCCCC/C=C/CCCC(O)C(O)C(COC1OC(CO)C(O)C(O)C1O)NC(=O)C(O)CCCCCCCCCCCCCC/C=C\CCCCCCCCCCCCCC. The molecule has 11 nitrogen and oxygen atoms in total. The normalized spacial score (nSPS) is 21.3. The van der Waals surface area contributed by atoms with Crippen LogP contribution in [0, 0.1) is 0 Å². The van der Waals surface area contributed by atoms with Crippen molar-refractivity contribution in [2.75, 3.05) is 13.2 Å². The maximum atomic E-state index is 13.1. The molecule has 1 rings (SSSR count). The summed E-state index contributed by atoms with van der Waals surface area (Å²) in [4.78, 5) is 13.1. The van der Waals surface area contributed by atoms with E-state index in [1.807, 2.05) is 0 Å². The van der Waals surface area contributed by atoms with Crippen molar-refractivity contribution < 1.29 is 50.0 Å². The van der Waals surface area contributed by atoms with Crippen LogP contribution in [-0.2, 0) is 14.3 Å². The second kappa shape index (κ2) is 42.0. The van der Waals surface area contributed by atoms with Crippen molar-refractivity contribution in [2.24, 2.45) is 0 Å². The molecule has 1 aliphatic rings. The predicted molar refractivity (Wildman–Crippen MR) is 256 cm³/mol. The zero-order valence-corrected chi connectivity index (χ0v) is 40.3. The highest BCUT2D eigenvalue weighted by atomic mass is 16.7. The zero-order valence-electron chi connectivity index (χ0n) is 40.3. The van der Waals surface area contributed by atoms with Gasteiger partial charge in [-0.15, -0.1) is 0 Å². The number of ether oxygens (including phenoxy) is 2. The number of hydrogen-bond donors (Lipinski definition) is 8. The largest absolute Gasteiger partial charge is 0.394 e. The maximum absolute atomic E-state index is 13.1. The molecule has 1 saturated heterocycles. The van der Waals surface area contributed by atoms with Gasteiger partial charge in [0.2, 0.25) is 5.91 Å². The van der Waals surface area contributed by atoms with Gasteiger partial charge in [-0.2, -0.15) is 0 Å². The monoisotopic (exact) mass is 898 g/mol. The van der Waals surface area contributed by atoms with Gasteiger partial charge in [-0.05, 0) is 64.2 Å². The third kappa shape index (κ3) is 31.2. The van der Waals surface area contributed by atoms with Crippen molar-refractivity contribution in [3.05, 3.63) is 24.3 Å². The molecule has 0 radical (unpaired) electrons. The Morgan fingerprint density at radius 3 is 1.40 bits per heavy atom. The Labute approximate surface area is 384 Å². The van der Waals surface area contributed by atoms with E-state index in [4.69, 9.17) is 9.47 Å². The molecule has 1 fully saturated rings. The van der Waals surface area contributed by atoms with E-state index < -0.39 is 74.2 Å². The molecule has 11 heteroatoms. The lowest BCUT2D eigenvalue weighted by Gasteiger charge is -2.40. The Kier molecular flexibility index (Phi) is 39.7. The lowest BCUT2D eigenvalue weighted by Crippen LogP contribution is -2.60. The minimum atomic E-state index is -1.66. The fraction of sp³-hybridized carbons (Fsp3) is 0.904. The van der Waals surface area contributed by atoms with Crippen LogP contribution in [0.1, 0.15) is 232 Å². The Morgan fingerprint density at radius 2 is 0.937 bits per heavy atom. The molecule has 0 saturated carbocycles. The van der Waals surface area contributed by atoms with Crippen LogP contribution in [0.15, 0.2) is 24.3 Å². The third-order valence-corrected chi connectivity index (χ3v) is 12.7. The number of allylic oxidation sites excluding steroid dienone is 4. The number of hydrogen-bond acceptors (Lipinski definition) is 10. The first-order chi connectivity index (χ1) is 30.7. The van der Waals surface area contributed by atoms with Crippen molar-refractivity contribution in [1.29, 1.82) is 0 Å². The summed E-state index contributed by atoms with van der Waals surface area (Å²) in [6, 6.07) is -1.18. The average Bonchev–Trinajstić information content (AvgIpc) is 3.28. The van der Waals surface area contributed by atoms with Gasteiger partial charge in [0.1, 0.15) is 36.6 Å². The summed E-state index contributed by atoms with van der Waals surface area (Å²) in [6.45, 7) is 3.37. The van der Waals surface area contributed by atoms with Crippen molar-refractivity contribution in [3.63, 3.8) is 0 Å². The van der Waals surface area contributed by atoms with Crippen LogP contribution in [0.4, 0.5) is 0 Å². The highest BCUT2D eigenvalue weighted by Gasteiger charge is 2.44. The first-order valence-electron chi connectivity index (χ1n) is 26.2. The Bertz CT molecular complexity index is 1080. The summed E-state index contributed by atoms with van der Waals surface area (Å²) >= 11 is 0. The fourth-order valence-corrected chi connectivity index (χ4v) is 8.38. The molecule has 372 valence electrons. The topological polar surface area (TPSA) is 189 Å². The van der Waals surface area contributed by atoms with E-state index in [9.17, 15) is 40.5 Å². The van der Waals surface area contributed by atoms with Crippen molar-refractivity contribution in [1.82, 2.24) is 5.32 Å². The van der Waals surface area contributed by atoms with Gasteiger partial charge in [0.15, 0.2) is 6.29 Å². The zero-order chi connectivity index (χ0) is 46.2. The Morgan fingerprint density at radius 1 is 0.540 bits per heavy atom. The third-order valence-electron chi connectivity index (χ3n) is 12.7. The van der Waals surface area contributed by atoms with Crippen LogP contribution in [0.25, 0.3) is 0 Å². The van der Waals surface area contributed by atoms with Crippen molar-refractivity contribution >= 4 is 5.91 Å². The first-order valence-corrected chi connectivity index (χ1v) is 26.2. The summed E-state index contributed by atoms with van der Waals surface area (Å²) < 4.78 is 11.1. The van der Waals surface area contributed by atoms with Crippen LogP contribution in [-0.4, -0.2) is 110 Å². The van der Waals surface area contributed by atoms with Gasteiger partial charge in [0.05, 0.1) is 25.4 Å². The van der Waals surface area contributed by atoms with Crippen LogP contribution >= 0.6 is 0 Å². The van der Waals surface area contributed by atoms with Crippen molar-refractivity contribution in [2.45, 2.75) is 287 Å². The van der Waals surface area contributed by atoms with Gasteiger partial charge in [-0.3, -0.25) is 4.79 Å². The van der Waals surface area contributed by atoms with E-state index >= 15 is 0 Å². The molecule has 63 heavy (non-hydrogen) atoms. The van der Waals surface area contributed by atoms with Crippen LogP contribution in [0.3, 0.4) is 0 Å². The minimum Gasteiger partial charge on any atom is -0.394 e. The predicted octanol–water partition coefficient (Wildman–Crippen LogP) is 9.79. The lowest BCUT2D eigenvalue weighted by molar-refractivity contribution is -0.303. The van der Waals surface area contributed by atoms with E-state index in [2.05, 4.69) is 43.5 Å². The summed E-state index contributed by atoms with van der Waals surface area (Å²) in [5, 5.41) is 75.5. The highest BCUT2D eigenvalue weighted by molar-refractivity contribution is 5.80. The van der Waals surface area contributed by atoms with E-state index in [1.165, 1.54) is 148 Å². The molecular weight excluding hydrogens is 799 g/mol. The number of aliphatic hydroxyl groups is 7. The second-order valence-electron chi connectivity index (χ2n) is 18.6. The molecule has 0 aliphatic carbocycles. The maximum Gasteiger partial charge on any atom is 0.249 e. The van der Waals surface area contributed by atoms with E-state index in [0.717, 1.165) is 44.9 Å². The van der Waals surface area contributed by atoms with Gasteiger partial charge < -0.3 is 50.5 Å². The van der Waals surface area contributed by atoms with Gasteiger partial charge in [0, 0.05) is 0 Å². The molecule has 9 atom stereocenters. The number of amides is 1. The van der Waals surface area contributed by atoms with Gasteiger partial charge in [-0.25, -0.2) is 0 Å². The molecule has 8 N–H and O–H groups in total. The standard InChI is InChI=1S/C52H99NO10/c1-3-5-7-9-11-13-14-15-16-17-18-19-20-21-22-23-24-25-26-27-28-29-30-31-32-34-36-38-40-45(56)51(61)53-43(42-62-52-50(60)49(59)48(58)46(41-54)63-52)47(57)44(55)39-37-35-33-12-10-8-6-4-2/h12,21-22,33,43-50,52,54-60H,3-11,13-20,23-32,34-42H2,1-2H3,(H,53,61)/b22-21-,33-12+. The Hall–Kier alpha value is -1.41. The van der Waals surface area contributed by atoms with Gasteiger partial charge in [0.25, 0.3) is 0 Å². The summed E-state index contributed by atoms with van der Waals surface area (Å²) in [6.07, 6.45) is 37.1. The number of aliphatic hydroxyl groups excluding tert-OH is 7. The van der Waals surface area contributed by atoms with Crippen LogP contribution < -0.4 is 5.32 Å². The number of nitrogens with one attached hydrogen (secondary N) is 1. The molecule has 1 amide bonds. The fourth-order valence-electron chi connectivity index (χ4n) is 8.38. The summed E-state index contributed by atoms with van der Waals surface area (Å²) in [5.41, 5.74) is 0. The quantitative estimate of drug-likeness (QED) is 0.0216. The van der Waals surface area contributed by atoms with Gasteiger partial charge >= 0.3 is 0 Å². The molecule has 0 bridgehead atoms. The lowest BCUT2D eigenvalue weighted by atomic mass is 9.98. The average molecular weight is 898 g/mol. The van der Waals surface area contributed by atoms with E-state index in [0.29, 0.717) is 12.8 Å². The number of unbranched alkanes of at least 4 members (excludes halogenated alkanes) is 28. The first kappa shape index (κ1) is 59.6. The molecule has 0 aromatic heterocycles.